The lowest BCUT2D eigenvalue weighted by atomic mass is 9.80. The van der Waals surface area contributed by atoms with Crippen LogP contribution in [-0.2, 0) is 18.3 Å². The van der Waals surface area contributed by atoms with Crippen molar-refractivity contribution >= 4 is 21.9 Å². The second-order valence-corrected chi connectivity index (χ2v) is 16.1. The topological polar surface area (TPSA) is 38.9 Å². The van der Waals surface area contributed by atoms with Crippen LogP contribution in [0.1, 0.15) is 54.0 Å². The summed E-state index contributed by atoms with van der Waals surface area (Å²) in [4.78, 5) is 10.4. The van der Waals surface area contributed by atoms with E-state index in [4.69, 9.17) is 14.4 Å². The zero-order chi connectivity index (χ0) is 37.4. The molecule has 7 aromatic carbocycles. The molecule has 0 saturated heterocycles. The molecule has 1 unspecified atom stereocenters. The molecule has 0 amide bonds. The molecule has 2 aliphatic carbocycles. The van der Waals surface area contributed by atoms with E-state index >= 15 is 0 Å². The van der Waals surface area contributed by atoms with E-state index in [0.29, 0.717) is 5.92 Å². The van der Waals surface area contributed by atoms with Crippen molar-refractivity contribution in [2.45, 2.75) is 44.4 Å². The number of benzene rings is 7. The van der Waals surface area contributed by atoms with E-state index in [0.717, 1.165) is 75.1 Å². The molecule has 0 bridgehead atoms. The summed E-state index contributed by atoms with van der Waals surface area (Å²) in [6.45, 7) is 4.76. The number of rotatable bonds is 5. The van der Waals surface area contributed by atoms with Gasteiger partial charge in [-0.15, -0.1) is 0 Å². The number of hydrogen-bond acceptors (Lipinski definition) is 3. The predicted molar refractivity (Wildman–Crippen MR) is 230 cm³/mol. The molecule has 11 rings (SSSR count). The molecule has 0 aliphatic heterocycles. The number of nitrogens with zero attached hydrogens (tertiary/aromatic N) is 2. The van der Waals surface area contributed by atoms with E-state index in [2.05, 4.69) is 159 Å². The Hall–Kier alpha value is -6.58. The van der Waals surface area contributed by atoms with Crippen LogP contribution in [0.4, 0.5) is 0 Å². The lowest BCUT2D eigenvalue weighted by Gasteiger charge is -2.23. The molecule has 0 radical (unpaired) electrons. The van der Waals surface area contributed by atoms with Crippen molar-refractivity contribution in [1.82, 2.24) is 9.97 Å². The SMILES string of the molecule is CC1(C)c2ccccc2-c2cc3c(cc21)-c1ccccc1C(Cc1cccc(-c2nc(-c4ccccc4)cc(-c4ccc5c(c4)oc4ccccc45)n2)c1)CC3. The van der Waals surface area contributed by atoms with Gasteiger partial charge >= 0.3 is 0 Å². The van der Waals surface area contributed by atoms with Crippen molar-refractivity contribution in [3.05, 3.63) is 192 Å². The molecule has 2 heterocycles. The lowest BCUT2D eigenvalue weighted by Crippen LogP contribution is -2.15. The Morgan fingerprint density at radius 2 is 1.27 bits per heavy atom. The molecule has 0 spiro atoms. The maximum atomic E-state index is 6.29. The third-order valence-electron chi connectivity index (χ3n) is 12.4. The standard InChI is InChI=1S/C53H40N2O/c1-53(2)46-21-10-8-19-41(46)45-29-36-24-23-35(39-17-6-7-18-40(39)44(36)31-47(45)53)27-33-13-12-16-38(28-33)52-54-48(34-14-4-3-5-15-34)32-49(55-52)37-25-26-43-42-20-9-11-22-50(42)56-51(43)30-37/h3-22,25-26,28-32,35H,23-24,27H2,1-2H3. The summed E-state index contributed by atoms with van der Waals surface area (Å²) in [5.74, 6) is 1.10. The van der Waals surface area contributed by atoms with Crippen LogP contribution in [0.2, 0.25) is 0 Å². The fourth-order valence-corrected chi connectivity index (χ4v) is 9.53. The van der Waals surface area contributed by atoms with Gasteiger partial charge in [0.2, 0.25) is 0 Å². The number of furan rings is 1. The fourth-order valence-electron chi connectivity index (χ4n) is 9.53. The third kappa shape index (κ3) is 5.33. The van der Waals surface area contributed by atoms with Gasteiger partial charge in [-0.2, -0.15) is 0 Å². The molecule has 0 N–H and O–H groups in total. The highest BCUT2D eigenvalue weighted by Gasteiger charge is 2.37. The van der Waals surface area contributed by atoms with E-state index in [-0.39, 0.29) is 5.41 Å². The minimum absolute atomic E-state index is 0.0258. The van der Waals surface area contributed by atoms with Gasteiger partial charge in [-0.3, -0.25) is 0 Å². The second kappa shape index (κ2) is 12.7. The van der Waals surface area contributed by atoms with Crippen LogP contribution < -0.4 is 0 Å². The molecule has 0 saturated carbocycles. The van der Waals surface area contributed by atoms with Gasteiger partial charge in [0.25, 0.3) is 0 Å². The zero-order valence-corrected chi connectivity index (χ0v) is 31.6. The predicted octanol–water partition coefficient (Wildman–Crippen LogP) is 13.6. The highest BCUT2D eigenvalue weighted by molar-refractivity contribution is 6.05. The van der Waals surface area contributed by atoms with Gasteiger partial charge in [0.15, 0.2) is 5.82 Å². The molecule has 1 atom stereocenters. The zero-order valence-electron chi connectivity index (χ0n) is 31.6. The minimum Gasteiger partial charge on any atom is -0.456 e. The van der Waals surface area contributed by atoms with E-state index in [9.17, 15) is 0 Å². The smallest absolute Gasteiger partial charge is 0.160 e. The van der Waals surface area contributed by atoms with Gasteiger partial charge in [-0.1, -0.05) is 141 Å². The summed E-state index contributed by atoms with van der Waals surface area (Å²) in [7, 11) is 0. The molecule has 56 heavy (non-hydrogen) atoms. The summed E-state index contributed by atoms with van der Waals surface area (Å²) >= 11 is 0. The first-order valence-electron chi connectivity index (χ1n) is 19.8. The van der Waals surface area contributed by atoms with Crippen LogP contribution in [-0.4, -0.2) is 9.97 Å². The number of aryl methyl sites for hydroxylation is 1. The van der Waals surface area contributed by atoms with E-state index < -0.39 is 0 Å². The van der Waals surface area contributed by atoms with Gasteiger partial charge in [0.1, 0.15) is 11.2 Å². The Kier molecular flexibility index (Phi) is 7.47. The van der Waals surface area contributed by atoms with Crippen molar-refractivity contribution in [2.75, 3.05) is 0 Å². The maximum absolute atomic E-state index is 6.29. The van der Waals surface area contributed by atoms with Crippen LogP contribution in [0, 0.1) is 0 Å². The van der Waals surface area contributed by atoms with Crippen LogP contribution in [0.15, 0.2) is 168 Å². The van der Waals surface area contributed by atoms with E-state index in [1.165, 1.54) is 50.1 Å². The molecule has 2 aromatic heterocycles. The third-order valence-corrected chi connectivity index (χ3v) is 12.4. The Labute approximate surface area is 327 Å². The highest BCUT2D eigenvalue weighted by Crippen LogP contribution is 2.52. The van der Waals surface area contributed by atoms with Crippen LogP contribution >= 0.6 is 0 Å². The molecule has 268 valence electrons. The van der Waals surface area contributed by atoms with Crippen molar-refractivity contribution < 1.29 is 4.42 Å². The van der Waals surface area contributed by atoms with Gasteiger partial charge in [0.05, 0.1) is 11.4 Å². The number of aromatic nitrogens is 2. The first-order valence-corrected chi connectivity index (χ1v) is 19.8. The Morgan fingerprint density at radius 3 is 2.16 bits per heavy atom. The molecule has 3 heteroatoms. The summed E-state index contributed by atoms with van der Waals surface area (Å²) in [6.07, 6.45) is 3.08. The summed E-state index contributed by atoms with van der Waals surface area (Å²) in [5, 5.41) is 2.23. The summed E-state index contributed by atoms with van der Waals surface area (Å²) < 4.78 is 6.29. The van der Waals surface area contributed by atoms with E-state index in [1.54, 1.807) is 0 Å². The van der Waals surface area contributed by atoms with Gasteiger partial charge in [-0.25, -0.2) is 9.97 Å². The normalized spacial score (nSPS) is 15.2. The van der Waals surface area contributed by atoms with Crippen LogP contribution in [0.25, 0.3) is 78.1 Å². The Balaban J connectivity index is 0.961. The van der Waals surface area contributed by atoms with Gasteiger partial charge < -0.3 is 4.42 Å². The molecular weight excluding hydrogens is 681 g/mol. The average Bonchev–Trinajstić information content (AvgIpc) is 3.67. The van der Waals surface area contributed by atoms with Gasteiger partial charge in [-0.05, 0) is 112 Å². The monoisotopic (exact) mass is 720 g/mol. The lowest BCUT2D eigenvalue weighted by molar-refractivity contribution is 0.628. The molecule has 9 aromatic rings. The van der Waals surface area contributed by atoms with E-state index in [1.807, 2.05) is 18.2 Å². The first-order chi connectivity index (χ1) is 27.5. The molecule has 2 aliphatic rings. The summed E-state index contributed by atoms with van der Waals surface area (Å²) in [5.41, 5.74) is 19.2. The van der Waals surface area contributed by atoms with Gasteiger partial charge in [0, 0.05) is 32.9 Å². The molecular formula is C53H40N2O. The average molecular weight is 721 g/mol. The van der Waals surface area contributed by atoms with Crippen LogP contribution in [0.5, 0.6) is 0 Å². The molecule has 3 nitrogen and oxygen atoms in total. The Bertz CT molecular complexity index is 2990. The first kappa shape index (κ1) is 32.8. The number of hydrogen-bond donors (Lipinski definition) is 0. The quantitative estimate of drug-likeness (QED) is 0.178. The fraction of sp³-hybridized carbons (Fsp3) is 0.132. The second-order valence-electron chi connectivity index (χ2n) is 16.1. The summed E-state index contributed by atoms with van der Waals surface area (Å²) in [6, 6.07) is 59.2. The maximum Gasteiger partial charge on any atom is 0.160 e. The molecule has 0 fully saturated rings. The van der Waals surface area contributed by atoms with Crippen LogP contribution in [0.3, 0.4) is 0 Å². The number of para-hydroxylation sites is 1. The van der Waals surface area contributed by atoms with Crippen molar-refractivity contribution in [2.24, 2.45) is 0 Å². The van der Waals surface area contributed by atoms with Crippen molar-refractivity contribution in [1.29, 1.82) is 0 Å². The minimum atomic E-state index is -0.0258. The van der Waals surface area contributed by atoms with Crippen molar-refractivity contribution in [3.8, 4) is 56.2 Å². The number of fused-ring (bicyclic) bond motifs is 9. The Morgan fingerprint density at radius 1 is 0.536 bits per heavy atom. The largest absolute Gasteiger partial charge is 0.456 e. The van der Waals surface area contributed by atoms with Crippen molar-refractivity contribution in [3.63, 3.8) is 0 Å². The highest BCUT2D eigenvalue weighted by atomic mass is 16.3.